The lowest BCUT2D eigenvalue weighted by Gasteiger charge is -2.11. The molecule has 0 fully saturated rings. The van der Waals surface area contributed by atoms with Crippen molar-refractivity contribution >= 4 is 40.9 Å². The number of hydrogen-bond acceptors (Lipinski definition) is 4. The molecular weight excluding hydrogens is 370 g/mol. The van der Waals surface area contributed by atoms with Crippen LogP contribution in [0.5, 0.6) is 0 Å². The summed E-state index contributed by atoms with van der Waals surface area (Å²) in [6.07, 6.45) is 1.63. The van der Waals surface area contributed by atoms with Crippen LogP contribution < -0.4 is 11.1 Å². The number of primary amides is 1. The van der Waals surface area contributed by atoms with Crippen LogP contribution in [0.2, 0.25) is 5.02 Å². The van der Waals surface area contributed by atoms with Crippen molar-refractivity contribution in [1.82, 2.24) is 4.98 Å². The van der Waals surface area contributed by atoms with Crippen LogP contribution in [0.25, 0.3) is 0 Å². The van der Waals surface area contributed by atoms with Crippen LogP contribution >= 0.6 is 23.4 Å². The molecule has 0 atom stereocenters. The lowest BCUT2D eigenvalue weighted by atomic mass is 10.2. The van der Waals surface area contributed by atoms with Gasteiger partial charge in [-0.1, -0.05) is 41.6 Å². The standard InChI is InChI=1S/C19H14ClN3O2S/c20-15-9-8-12(17(21)24)11-16(15)23-18(25)14-7-4-10-22-19(14)26-13-5-2-1-3-6-13/h1-11H,(H2,21,24)(H,23,25). The van der Waals surface area contributed by atoms with E-state index in [1.54, 1.807) is 18.3 Å². The SMILES string of the molecule is NC(=O)c1ccc(Cl)c(NC(=O)c2cccnc2Sc2ccccc2)c1. The third kappa shape index (κ3) is 4.22. The fraction of sp³-hybridized carbons (Fsp3) is 0. The predicted molar refractivity (Wildman–Crippen MR) is 103 cm³/mol. The number of halogens is 1. The zero-order valence-electron chi connectivity index (χ0n) is 13.5. The van der Waals surface area contributed by atoms with Crippen LogP contribution in [-0.2, 0) is 0 Å². The highest BCUT2D eigenvalue weighted by Gasteiger charge is 2.15. The number of aromatic nitrogens is 1. The van der Waals surface area contributed by atoms with E-state index in [4.69, 9.17) is 17.3 Å². The highest BCUT2D eigenvalue weighted by atomic mass is 35.5. The molecule has 0 saturated heterocycles. The number of nitrogens with one attached hydrogen (secondary N) is 1. The number of rotatable bonds is 5. The summed E-state index contributed by atoms with van der Waals surface area (Å²) in [4.78, 5) is 29.3. The van der Waals surface area contributed by atoms with Gasteiger partial charge in [0.05, 0.1) is 16.3 Å². The highest BCUT2D eigenvalue weighted by Crippen LogP contribution is 2.29. The number of carbonyl (C=O) groups excluding carboxylic acids is 2. The van der Waals surface area contributed by atoms with E-state index < -0.39 is 5.91 Å². The number of carbonyl (C=O) groups is 2. The summed E-state index contributed by atoms with van der Waals surface area (Å²) in [6.45, 7) is 0. The molecule has 5 nitrogen and oxygen atoms in total. The van der Waals surface area contributed by atoms with Gasteiger partial charge < -0.3 is 11.1 Å². The number of benzene rings is 2. The van der Waals surface area contributed by atoms with Gasteiger partial charge in [0, 0.05) is 16.7 Å². The number of nitrogens with zero attached hydrogens (tertiary/aromatic N) is 1. The molecular formula is C19H14ClN3O2S. The maximum absolute atomic E-state index is 12.7. The van der Waals surface area contributed by atoms with E-state index in [-0.39, 0.29) is 11.5 Å². The zero-order chi connectivity index (χ0) is 18.5. The first-order chi connectivity index (χ1) is 12.5. The van der Waals surface area contributed by atoms with E-state index in [0.717, 1.165) is 4.90 Å². The van der Waals surface area contributed by atoms with E-state index in [9.17, 15) is 9.59 Å². The summed E-state index contributed by atoms with van der Waals surface area (Å²) < 4.78 is 0. The lowest BCUT2D eigenvalue weighted by Crippen LogP contribution is -2.16. The summed E-state index contributed by atoms with van der Waals surface area (Å²) in [7, 11) is 0. The second-order valence-corrected chi connectivity index (χ2v) is 6.75. The molecule has 3 N–H and O–H groups in total. The van der Waals surface area contributed by atoms with Crippen LogP contribution in [-0.4, -0.2) is 16.8 Å². The number of hydrogen-bond donors (Lipinski definition) is 2. The Kier molecular flexibility index (Phi) is 5.55. The average Bonchev–Trinajstić information content (AvgIpc) is 2.64. The van der Waals surface area contributed by atoms with E-state index in [1.807, 2.05) is 30.3 Å². The Morgan fingerprint density at radius 3 is 2.54 bits per heavy atom. The molecule has 2 aromatic carbocycles. The molecule has 0 aliphatic rings. The zero-order valence-corrected chi connectivity index (χ0v) is 15.1. The van der Waals surface area contributed by atoms with Gasteiger partial charge in [-0.3, -0.25) is 9.59 Å². The topological polar surface area (TPSA) is 85.1 Å². The molecule has 0 saturated carbocycles. The first-order valence-corrected chi connectivity index (χ1v) is 8.82. The van der Waals surface area contributed by atoms with Gasteiger partial charge in [0.2, 0.25) is 5.91 Å². The minimum Gasteiger partial charge on any atom is -0.366 e. The molecule has 3 rings (SSSR count). The molecule has 3 aromatic rings. The molecule has 1 aromatic heterocycles. The van der Waals surface area contributed by atoms with Gasteiger partial charge in [-0.25, -0.2) is 4.98 Å². The summed E-state index contributed by atoms with van der Waals surface area (Å²) in [5.74, 6) is -0.973. The largest absolute Gasteiger partial charge is 0.366 e. The quantitative estimate of drug-likeness (QED) is 0.690. The second-order valence-electron chi connectivity index (χ2n) is 5.28. The number of nitrogens with two attached hydrogens (primary N) is 1. The first kappa shape index (κ1) is 18.0. The van der Waals surface area contributed by atoms with E-state index >= 15 is 0 Å². The molecule has 2 amide bonds. The van der Waals surface area contributed by atoms with E-state index in [0.29, 0.717) is 21.3 Å². The fourth-order valence-electron chi connectivity index (χ4n) is 2.21. The van der Waals surface area contributed by atoms with Gasteiger partial charge >= 0.3 is 0 Å². The molecule has 26 heavy (non-hydrogen) atoms. The predicted octanol–water partition coefficient (Wildman–Crippen LogP) is 4.24. The smallest absolute Gasteiger partial charge is 0.258 e. The van der Waals surface area contributed by atoms with Crippen LogP contribution in [0.1, 0.15) is 20.7 Å². The molecule has 0 aliphatic carbocycles. The van der Waals surface area contributed by atoms with Crippen LogP contribution in [0.4, 0.5) is 5.69 Å². The van der Waals surface area contributed by atoms with E-state index in [2.05, 4.69) is 10.3 Å². The van der Waals surface area contributed by atoms with Crippen molar-refractivity contribution in [2.45, 2.75) is 9.92 Å². The highest BCUT2D eigenvalue weighted by molar-refractivity contribution is 7.99. The average molecular weight is 384 g/mol. The fourth-order valence-corrected chi connectivity index (χ4v) is 3.27. The van der Waals surface area contributed by atoms with Crippen molar-refractivity contribution in [2.75, 3.05) is 5.32 Å². The Bertz CT molecular complexity index is 964. The van der Waals surface area contributed by atoms with Gasteiger partial charge in [0.25, 0.3) is 5.91 Å². The molecule has 130 valence electrons. The van der Waals surface area contributed by atoms with Gasteiger partial charge in [-0.2, -0.15) is 0 Å². The van der Waals surface area contributed by atoms with Gasteiger partial charge in [-0.05, 0) is 42.5 Å². The second kappa shape index (κ2) is 8.03. The summed E-state index contributed by atoms with van der Waals surface area (Å²) in [5, 5.41) is 3.59. The molecule has 0 bridgehead atoms. The number of pyridine rings is 1. The molecule has 0 unspecified atom stereocenters. The maximum atomic E-state index is 12.7. The number of anilines is 1. The maximum Gasteiger partial charge on any atom is 0.258 e. The Balaban J connectivity index is 1.87. The Morgan fingerprint density at radius 2 is 1.81 bits per heavy atom. The van der Waals surface area contributed by atoms with Crippen molar-refractivity contribution < 1.29 is 9.59 Å². The first-order valence-electron chi connectivity index (χ1n) is 7.63. The monoisotopic (exact) mass is 383 g/mol. The summed E-state index contributed by atoms with van der Waals surface area (Å²) in [6, 6.07) is 17.5. The summed E-state index contributed by atoms with van der Waals surface area (Å²) in [5.41, 5.74) is 6.25. The van der Waals surface area contributed by atoms with Crippen molar-refractivity contribution in [3.05, 3.63) is 83.0 Å². The van der Waals surface area contributed by atoms with E-state index in [1.165, 1.54) is 30.0 Å². The minimum atomic E-state index is -0.598. The van der Waals surface area contributed by atoms with Crippen molar-refractivity contribution in [1.29, 1.82) is 0 Å². The van der Waals surface area contributed by atoms with Crippen LogP contribution in [0, 0.1) is 0 Å². The number of amides is 2. The molecule has 0 spiro atoms. The minimum absolute atomic E-state index is 0.259. The Hall–Kier alpha value is -2.83. The van der Waals surface area contributed by atoms with Gasteiger partial charge in [0.1, 0.15) is 5.03 Å². The Morgan fingerprint density at radius 1 is 1.04 bits per heavy atom. The molecule has 0 aliphatic heterocycles. The molecule has 0 radical (unpaired) electrons. The van der Waals surface area contributed by atoms with Crippen molar-refractivity contribution in [3.8, 4) is 0 Å². The lowest BCUT2D eigenvalue weighted by molar-refractivity contribution is 0.0995. The van der Waals surface area contributed by atoms with Crippen molar-refractivity contribution in [2.24, 2.45) is 5.73 Å². The molecule has 7 heteroatoms. The van der Waals surface area contributed by atoms with Crippen LogP contribution in [0.15, 0.2) is 76.8 Å². The van der Waals surface area contributed by atoms with Crippen molar-refractivity contribution in [3.63, 3.8) is 0 Å². The molecule has 1 heterocycles. The third-order valence-electron chi connectivity index (χ3n) is 3.47. The Labute approximate surface area is 159 Å². The normalized spacial score (nSPS) is 10.3. The van der Waals surface area contributed by atoms with Gasteiger partial charge in [-0.15, -0.1) is 0 Å². The van der Waals surface area contributed by atoms with Crippen LogP contribution in [0.3, 0.4) is 0 Å². The van der Waals surface area contributed by atoms with Gasteiger partial charge in [0.15, 0.2) is 0 Å². The third-order valence-corrected chi connectivity index (χ3v) is 4.83. The summed E-state index contributed by atoms with van der Waals surface area (Å²) >= 11 is 7.50.